The second-order valence-electron chi connectivity index (χ2n) is 7.47. The highest BCUT2D eigenvalue weighted by molar-refractivity contribution is 5.83. The van der Waals surface area contributed by atoms with Crippen LogP contribution in [0, 0.1) is 0 Å². The van der Waals surface area contributed by atoms with E-state index in [0.29, 0.717) is 5.95 Å². The molecule has 29 heavy (non-hydrogen) atoms. The minimum Gasteiger partial charge on any atom is -0.496 e. The summed E-state index contributed by atoms with van der Waals surface area (Å²) >= 11 is 0. The Kier molecular flexibility index (Phi) is 6.38. The normalized spacial score (nSPS) is 17.6. The van der Waals surface area contributed by atoms with Gasteiger partial charge in [0, 0.05) is 31.7 Å². The summed E-state index contributed by atoms with van der Waals surface area (Å²) in [5.41, 5.74) is 3.89. The van der Waals surface area contributed by atoms with E-state index >= 15 is 0 Å². The predicted octanol–water partition coefficient (Wildman–Crippen LogP) is 3.31. The number of benzene rings is 1. The van der Waals surface area contributed by atoms with E-state index in [4.69, 9.17) is 9.72 Å². The number of ether oxygens (including phenoxy) is 1. The van der Waals surface area contributed by atoms with Crippen LogP contribution in [0.2, 0.25) is 0 Å². The van der Waals surface area contributed by atoms with Crippen molar-refractivity contribution in [2.45, 2.75) is 38.5 Å². The number of hydrazone groups is 1. The molecule has 154 valence electrons. The Morgan fingerprint density at radius 3 is 2.03 bits per heavy atom. The van der Waals surface area contributed by atoms with E-state index in [9.17, 15) is 0 Å². The van der Waals surface area contributed by atoms with Crippen molar-refractivity contribution >= 4 is 24.1 Å². The molecule has 1 aromatic carbocycles. The average molecular weight is 396 g/mol. The molecular weight excluding hydrogens is 366 g/mol. The van der Waals surface area contributed by atoms with Crippen molar-refractivity contribution in [1.29, 1.82) is 0 Å². The zero-order chi connectivity index (χ0) is 19.9. The third kappa shape index (κ3) is 4.93. The highest BCUT2D eigenvalue weighted by Crippen LogP contribution is 2.22. The van der Waals surface area contributed by atoms with E-state index in [1.807, 2.05) is 24.3 Å². The minimum absolute atomic E-state index is 0.479. The Balaban J connectivity index is 1.56. The molecule has 2 aromatic rings. The van der Waals surface area contributed by atoms with E-state index in [1.54, 1.807) is 13.3 Å². The fourth-order valence-electron chi connectivity index (χ4n) is 3.81. The van der Waals surface area contributed by atoms with Gasteiger partial charge in [-0.05, 0) is 50.7 Å². The Hall–Kier alpha value is -2.90. The Labute approximate surface area is 172 Å². The number of aromatic nitrogens is 3. The molecule has 2 aliphatic rings. The summed E-state index contributed by atoms with van der Waals surface area (Å²) in [6.45, 7) is 3.97. The van der Waals surface area contributed by atoms with Crippen LogP contribution in [-0.2, 0) is 0 Å². The van der Waals surface area contributed by atoms with Crippen molar-refractivity contribution in [3.8, 4) is 5.75 Å². The first kappa shape index (κ1) is 19.4. The minimum atomic E-state index is 0.479. The summed E-state index contributed by atoms with van der Waals surface area (Å²) in [4.78, 5) is 18.6. The van der Waals surface area contributed by atoms with E-state index in [0.717, 1.165) is 49.4 Å². The summed E-state index contributed by atoms with van der Waals surface area (Å²) in [7, 11) is 1.65. The Morgan fingerprint density at radius 1 is 0.862 bits per heavy atom. The molecular formula is C21H29N7O. The molecule has 0 spiro atoms. The van der Waals surface area contributed by atoms with Crippen molar-refractivity contribution in [3.63, 3.8) is 0 Å². The maximum Gasteiger partial charge on any atom is 0.250 e. The molecule has 0 aliphatic carbocycles. The second kappa shape index (κ2) is 9.54. The first-order valence-corrected chi connectivity index (χ1v) is 10.5. The monoisotopic (exact) mass is 395 g/mol. The van der Waals surface area contributed by atoms with Crippen molar-refractivity contribution < 1.29 is 4.74 Å². The summed E-state index contributed by atoms with van der Waals surface area (Å²) in [6, 6.07) is 7.75. The number of anilines is 3. The molecule has 0 radical (unpaired) electrons. The molecule has 0 unspecified atom stereocenters. The molecule has 3 heterocycles. The summed E-state index contributed by atoms with van der Waals surface area (Å²) in [5.74, 6) is 2.74. The van der Waals surface area contributed by atoms with Gasteiger partial charge in [0.1, 0.15) is 5.75 Å². The lowest BCUT2D eigenvalue weighted by atomic mass is 10.1. The number of hydrogen-bond donors (Lipinski definition) is 1. The third-order valence-electron chi connectivity index (χ3n) is 5.40. The number of nitrogens with one attached hydrogen (secondary N) is 1. The maximum absolute atomic E-state index is 5.37. The van der Waals surface area contributed by atoms with Gasteiger partial charge in [0.15, 0.2) is 0 Å². The quantitative estimate of drug-likeness (QED) is 0.594. The van der Waals surface area contributed by atoms with Crippen molar-refractivity contribution in [2.75, 3.05) is 48.5 Å². The lowest BCUT2D eigenvalue weighted by Crippen LogP contribution is -2.34. The van der Waals surface area contributed by atoms with Gasteiger partial charge in [-0.1, -0.05) is 12.1 Å². The van der Waals surface area contributed by atoms with Gasteiger partial charge >= 0.3 is 0 Å². The highest BCUT2D eigenvalue weighted by atomic mass is 16.5. The number of methoxy groups -OCH3 is 1. The zero-order valence-corrected chi connectivity index (χ0v) is 17.0. The standard InChI is InChI=1S/C21H29N7O/c1-29-18-11-5-4-10-17(18)16-22-26-19-23-20(27-12-6-2-7-13-27)25-21(24-19)28-14-8-3-9-15-28/h4-5,10-11,16H,2-3,6-9,12-15H2,1H3,(H,23,24,25,26)/b22-16+. The van der Waals surface area contributed by atoms with Crippen LogP contribution >= 0.6 is 0 Å². The van der Waals surface area contributed by atoms with Gasteiger partial charge in [0.05, 0.1) is 13.3 Å². The Bertz CT molecular complexity index is 793. The van der Waals surface area contributed by atoms with Gasteiger partial charge in [-0.15, -0.1) is 0 Å². The number of hydrogen-bond acceptors (Lipinski definition) is 8. The van der Waals surface area contributed by atoms with Crippen molar-refractivity contribution in [2.24, 2.45) is 5.10 Å². The SMILES string of the molecule is COc1ccccc1/C=N/Nc1nc(N2CCCCC2)nc(N2CCCCC2)n1. The number of para-hydroxylation sites is 1. The number of piperidine rings is 2. The fraction of sp³-hybridized carbons (Fsp3) is 0.524. The molecule has 4 rings (SSSR count). The van der Waals surface area contributed by atoms with Crippen LogP contribution in [0.3, 0.4) is 0 Å². The Morgan fingerprint density at radius 2 is 1.45 bits per heavy atom. The van der Waals surface area contributed by atoms with Crippen LogP contribution < -0.4 is 20.0 Å². The van der Waals surface area contributed by atoms with Crippen LogP contribution in [0.25, 0.3) is 0 Å². The molecule has 0 atom stereocenters. The van der Waals surface area contributed by atoms with E-state index in [2.05, 4.69) is 30.3 Å². The molecule has 0 saturated carbocycles. The smallest absolute Gasteiger partial charge is 0.250 e. The number of rotatable bonds is 6. The largest absolute Gasteiger partial charge is 0.496 e. The van der Waals surface area contributed by atoms with Gasteiger partial charge < -0.3 is 14.5 Å². The molecule has 8 nitrogen and oxygen atoms in total. The highest BCUT2D eigenvalue weighted by Gasteiger charge is 2.20. The lowest BCUT2D eigenvalue weighted by molar-refractivity contribution is 0.414. The van der Waals surface area contributed by atoms with E-state index < -0.39 is 0 Å². The van der Waals surface area contributed by atoms with Gasteiger partial charge in [-0.25, -0.2) is 5.43 Å². The van der Waals surface area contributed by atoms with Crippen LogP contribution in [0.1, 0.15) is 44.1 Å². The topological polar surface area (TPSA) is 78.8 Å². The average Bonchev–Trinajstić information content (AvgIpc) is 2.80. The number of nitrogens with zero attached hydrogens (tertiary/aromatic N) is 6. The zero-order valence-electron chi connectivity index (χ0n) is 17.0. The molecule has 2 saturated heterocycles. The first-order chi connectivity index (χ1) is 14.3. The molecule has 1 aromatic heterocycles. The molecule has 2 fully saturated rings. The molecule has 0 amide bonds. The van der Waals surface area contributed by atoms with Crippen LogP contribution in [0.15, 0.2) is 29.4 Å². The van der Waals surface area contributed by atoms with Gasteiger partial charge in [-0.2, -0.15) is 20.1 Å². The summed E-state index contributed by atoms with van der Waals surface area (Å²) < 4.78 is 5.37. The fourth-order valence-corrected chi connectivity index (χ4v) is 3.81. The van der Waals surface area contributed by atoms with Gasteiger partial charge in [0.2, 0.25) is 17.8 Å². The molecule has 1 N–H and O–H groups in total. The molecule has 2 aliphatic heterocycles. The van der Waals surface area contributed by atoms with Crippen molar-refractivity contribution in [1.82, 2.24) is 15.0 Å². The second-order valence-corrected chi connectivity index (χ2v) is 7.47. The first-order valence-electron chi connectivity index (χ1n) is 10.5. The van der Waals surface area contributed by atoms with Crippen molar-refractivity contribution in [3.05, 3.63) is 29.8 Å². The van der Waals surface area contributed by atoms with Crippen LogP contribution in [0.5, 0.6) is 5.75 Å². The van der Waals surface area contributed by atoms with Crippen LogP contribution in [-0.4, -0.2) is 54.5 Å². The molecule has 0 bridgehead atoms. The van der Waals surface area contributed by atoms with Gasteiger partial charge in [0.25, 0.3) is 0 Å². The van der Waals surface area contributed by atoms with Gasteiger partial charge in [-0.3, -0.25) is 0 Å². The van der Waals surface area contributed by atoms with E-state index in [-0.39, 0.29) is 0 Å². The summed E-state index contributed by atoms with van der Waals surface area (Å²) in [6.07, 6.45) is 8.99. The van der Waals surface area contributed by atoms with Crippen LogP contribution in [0.4, 0.5) is 17.8 Å². The maximum atomic E-state index is 5.37. The third-order valence-corrected chi connectivity index (χ3v) is 5.40. The summed E-state index contributed by atoms with van der Waals surface area (Å²) in [5, 5.41) is 4.35. The molecule has 8 heteroatoms. The predicted molar refractivity (Wildman–Crippen MR) is 116 cm³/mol. The van der Waals surface area contributed by atoms with E-state index in [1.165, 1.54) is 38.5 Å². The lowest BCUT2D eigenvalue weighted by Gasteiger charge is -2.30.